The van der Waals surface area contributed by atoms with Gasteiger partial charge < -0.3 is 39.2 Å². The number of phenols is 1. The van der Waals surface area contributed by atoms with Crippen molar-refractivity contribution in [2.75, 3.05) is 14.2 Å². The van der Waals surface area contributed by atoms with Crippen molar-refractivity contribution < 1.29 is 33.7 Å². The Hall–Kier alpha value is -4.47. The van der Waals surface area contributed by atoms with E-state index in [1.807, 2.05) is 0 Å². The largest absolute Gasteiger partial charge is 0.548 e. The molecule has 0 aliphatic heterocycles. The van der Waals surface area contributed by atoms with Crippen molar-refractivity contribution in [3.63, 3.8) is 0 Å². The van der Waals surface area contributed by atoms with Crippen LogP contribution in [0.5, 0.6) is 17.2 Å². The van der Waals surface area contributed by atoms with Crippen LogP contribution in [0.15, 0.2) is 45.7 Å². The molecule has 2 heterocycles. The van der Waals surface area contributed by atoms with Gasteiger partial charge in [0.05, 0.1) is 43.6 Å². The van der Waals surface area contributed by atoms with Gasteiger partial charge in [-0.2, -0.15) is 0 Å². The first-order chi connectivity index (χ1) is 16.7. The van der Waals surface area contributed by atoms with Gasteiger partial charge in [-0.15, -0.1) is 0 Å². The zero-order valence-corrected chi connectivity index (χ0v) is 19.3. The number of aromatic amines is 1. The number of carboxylic acid groups (broad SMARTS) is 1. The minimum absolute atomic E-state index is 0.0268. The number of carbonyl (C=O) groups excluding carboxylic acids is 2. The number of benzene rings is 2. The maximum atomic E-state index is 12.8. The summed E-state index contributed by atoms with van der Waals surface area (Å²) >= 11 is 0. The number of amides is 1. The number of phenolic OH excluding ortho intramolecular Hbond substituents is 1. The predicted molar refractivity (Wildman–Crippen MR) is 125 cm³/mol. The number of nitrogens with one attached hydrogen (secondary N) is 2. The number of aliphatic carboxylic acids is 1. The molecule has 0 bridgehead atoms. The number of fused-ring (bicyclic) bond motifs is 2. The molecule has 35 heavy (non-hydrogen) atoms. The lowest BCUT2D eigenvalue weighted by Gasteiger charge is -2.20. The fourth-order valence-electron chi connectivity index (χ4n) is 4.12. The van der Waals surface area contributed by atoms with Crippen molar-refractivity contribution in [3.8, 4) is 17.2 Å². The number of aryl methyl sites for hydroxylation is 1. The number of hydrogen-bond acceptors (Lipinski definition) is 8. The number of carbonyl (C=O) groups is 2. The van der Waals surface area contributed by atoms with Crippen LogP contribution in [0.1, 0.15) is 16.7 Å². The highest BCUT2D eigenvalue weighted by Crippen LogP contribution is 2.33. The van der Waals surface area contributed by atoms with Gasteiger partial charge in [0.2, 0.25) is 5.91 Å². The van der Waals surface area contributed by atoms with Crippen LogP contribution >= 0.6 is 0 Å². The summed E-state index contributed by atoms with van der Waals surface area (Å²) in [5.41, 5.74) is 1.35. The average Bonchev–Trinajstić information content (AvgIpc) is 3.21. The van der Waals surface area contributed by atoms with Crippen LogP contribution in [0.25, 0.3) is 21.9 Å². The van der Waals surface area contributed by atoms with E-state index in [4.69, 9.17) is 13.9 Å². The Morgan fingerprint density at radius 3 is 2.66 bits per heavy atom. The van der Waals surface area contributed by atoms with E-state index in [0.717, 1.165) is 0 Å². The van der Waals surface area contributed by atoms with Crippen LogP contribution in [0.3, 0.4) is 0 Å². The third-order valence-electron chi connectivity index (χ3n) is 5.90. The second kappa shape index (κ2) is 9.41. The van der Waals surface area contributed by atoms with Crippen LogP contribution in [0.2, 0.25) is 0 Å². The molecule has 0 radical (unpaired) electrons. The molecule has 2 aromatic carbocycles. The van der Waals surface area contributed by atoms with Crippen LogP contribution in [0.4, 0.5) is 0 Å². The van der Waals surface area contributed by atoms with Gasteiger partial charge in [0.15, 0.2) is 0 Å². The van der Waals surface area contributed by atoms with E-state index >= 15 is 0 Å². The van der Waals surface area contributed by atoms with Crippen molar-refractivity contribution in [2.45, 2.75) is 25.8 Å². The molecule has 1 amide bonds. The Kier molecular flexibility index (Phi) is 6.37. The molecule has 10 nitrogen and oxygen atoms in total. The first-order valence-electron chi connectivity index (χ1n) is 10.7. The molecular formula is C25H23N2O8-. The van der Waals surface area contributed by atoms with E-state index in [1.54, 1.807) is 31.3 Å². The summed E-state index contributed by atoms with van der Waals surface area (Å²) in [4.78, 5) is 40.2. The number of methoxy groups -OCH3 is 2. The molecule has 4 aromatic rings. The van der Waals surface area contributed by atoms with Gasteiger partial charge in [-0.1, -0.05) is 0 Å². The third kappa shape index (κ3) is 4.63. The molecule has 0 aliphatic carbocycles. The second-order valence-electron chi connectivity index (χ2n) is 8.06. The lowest BCUT2D eigenvalue weighted by atomic mass is 10.0. The van der Waals surface area contributed by atoms with Crippen molar-refractivity contribution >= 4 is 33.7 Å². The summed E-state index contributed by atoms with van der Waals surface area (Å²) in [5.74, 6) is -1.31. The molecule has 3 N–H and O–H groups in total. The zero-order chi connectivity index (χ0) is 25.3. The molecule has 10 heteroatoms. The quantitative estimate of drug-likeness (QED) is 0.320. The molecule has 182 valence electrons. The smallest absolute Gasteiger partial charge is 0.340 e. The molecule has 0 fully saturated rings. The van der Waals surface area contributed by atoms with Crippen LogP contribution < -0.4 is 25.5 Å². The molecular weight excluding hydrogens is 456 g/mol. The van der Waals surface area contributed by atoms with Crippen LogP contribution in [-0.2, 0) is 22.4 Å². The highest BCUT2D eigenvalue weighted by molar-refractivity contribution is 5.91. The molecule has 0 saturated heterocycles. The van der Waals surface area contributed by atoms with E-state index in [1.165, 1.54) is 26.4 Å². The molecule has 0 unspecified atom stereocenters. The minimum atomic E-state index is -1.48. The van der Waals surface area contributed by atoms with Gasteiger partial charge >= 0.3 is 5.63 Å². The molecule has 0 saturated carbocycles. The van der Waals surface area contributed by atoms with Gasteiger partial charge in [0.25, 0.3) is 0 Å². The third-order valence-corrected chi connectivity index (χ3v) is 5.90. The summed E-state index contributed by atoms with van der Waals surface area (Å²) in [6.07, 6.45) is 1.11. The summed E-state index contributed by atoms with van der Waals surface area (Å²) in [6.45, 7) is 1.66. The van der Waals surface area contributed by atoms with E-state index in [-0.39, 0.29) is 23.3 Å². The van der Waals surface area contributed by atoms with Gasteiger partial charge in [-0.25, -0.2) is 4.79 Å². The van der Waals surface area contributed by atoms with Gasteiger partial charge in [-0.05, 0) is 36.2 Å². The van der Waals surface area contributed by atoms with Crippen molar-refractivity contribution in [3.05, 3.63) is 63.6 Å². The van der Waals surface area contributed by atoms with E-state index in [9.17, 15) is 24.6 Å². The van der Waals surface area contributed by atoms with E-state index in [0.29, 0.717) is 38.9 Å². The van der Waals surface area contributed by atoms with E-state index < -0.39 is 30.0 Å². The standard InChI is InChI=1S/C25H24N2O8/c1-12-16(25(32)35-21-9-15(33-2)8-20(34-3)23(12)21)10-22(29)27-19(24(30)31)6-13-11-26-18-5-4-14(28)7-17(13)18/h4-5,7-9,11,19,26,28H,6,10H2,1-3H3,(H,27,29)(H,30,31)/p-1/t19-/m0/s1. The Morgan fingerprint density at radius 1 is 1.20 bits per heavy atom. The lowest BCUT2D eigenvalue weighted by Crippen LogP contribution is -2.49. The number of H-pyrrole nitrogens is 1. The van der Waals surface area contributed by atoms with Crippen LogP contribution in [0, 0.1) is 6.92 Å². The SMILES string of the molecule is COc1cc(OC)c2c(C)c(CC(=O)N[C@@H](Cc3c[nH]c4ccc(O)cc34)C(=O)[O-])c(=O)oc2c1. The van der Waals surface area contributed by atoms with Crippen molar-refractivity contribution in [2.24, 2.45) is 0 Å². The normalized spacial score (nSPS) is 12.0. The monoisotopic (exact) mass is 479 g/mol. The van der Waals surface area contributed by atoms with E-state index in [2.05, 4.69) is 10.3 Å². The molecule has 4 rings (SSSR count). The first kappa shape index (κ1) is 23.7. The average molecular weight is 479 g/mol. The highest BCUT2D eigenvalue weighted by atomic mass is 16.5. The molecule has 1 atom stereocenters. The zero-order valence-electron chi connectivity index (χ0n) is 19.3. The Labute approximate surface area is 199 Å². The molecule has 2 aromatic heterocycles. The number of hydrogen-bond donors (Lipinski definition) is 3. The Morgan fingerprint density at radius 2 is 1.97 bits per heavy atom. The first-order valence-corrected chi connectivity index (χ1v) is 10.7. The predicted octanol–water partition coefficient (Wildman–Crippen LogP) is 1.33. The fraction of sp³-hybridized carbons (Fsp3) is 0.240. The fourth-order valence-corrected chi connectivity index (χ4v) is 4.12. The minimum Gasteiger partial charge on any atom is -0.548 e. The van der Waals surface area contributed by atoms with Gasteiger partial charge in [0, 0.05) is 35.7 Å². The summed E-state index contributed by atoms with van der Waals surface area (Å²) < 4.78 is 16.0. The molecule has 0 spiro atoms. The van der Waals surface area contributed by atoms with Gasteiger partial charge in [0.1, 0.15) is 22.8 Å². The number of ether oxygens (including phenoxy) is 2. The van der Waals surface area contributed by atoms with Crippen LogP contribution in [-0.4, -0.2) is 42.2 Å². The number of rotatable bonds is 8. The van der Waals surface area contributed by atoms with Crippen molar-refractivity contribution in [1.82, 2.24) is 10.3 Å². The number of carboxylic acids is 1. The second-order valence-corrected chi connectivity index (χ2v) is 8.06. The highest BCUT2D eigenvalue weighted by Gasteiger charge is 2.21. The number of aromatic nitrogens is 1. The topological polar surface area (TPSA) is 154 Å². The van der Waals surface area contributed by atoms with Gasteiger partial charge in [-0.3, -0.25) is 4.79 Å². The Bertz CT molecular complexity index is 1500. The summed E-state index contributed by atoms with van der Waals surface area (Å²) in [6, 6.07) is 6.47. The maximum Gasteiger partial charge on any atom is 0.340 e. The number of aromatic hydroxyl groups is 1. The summed E-state index contributed by atoms with van der Waals surface area (Å²) in [7, 11) is 2.93. The maximum absolute atomic E-state index is 12.8. The Balaban J connectivity index is 1.60. The van der Waals surface area contributed by atoms with Crippen molar-refractivity contribution in [1.29, 1.82) is 0 Å². The lowest BCUT2D eigenvalue weighted by molar-refractivity contribution is -0.308. The molecule has 0 aliphatic rings. The summed E-state index contributed by atoms with van der Waals surface area (Å²) in [5, 5.41) is 25.1.